The molecule has 0 aromatic rings. The van der Waals surface area contributed by atoms with Crippen molar-refractivity contribution in [3.8, 4) is 0 Å². The van der Waals surface area contributed by atoms with Gasteiger partial charge in [-0.05, 0) is 25.0 Å². The maximum atomic E-state index is 11.8. The average molecular weight is 258 g/mol. The summed E-state index contributed by atoms with van der Waals surface area (Å²) >= 11 is 1.98. The molecule has 1 rings (SSSR count). The highest BCUT2D eigenvalue weighted by atomic mass is 32.2. The molecule has 4 nitrogen and oxygen atoms in total. The van der Waals surface area contributed by atoms with Crippen LogP contribution < -0.4 is 5.32 Å². The van der Waals surface area contributed by atoms with Crippen LogP contribution >= 0.6 is 11.8 Å². The van der Waals surface area contributed by atoms with Crippen LogP contribution in [0.15, 0.2) is 0 Å². The maximum absolute atomic E-state index is 11.8. The fraction of sp³-hybridized carbons (Fsp3) is 0.833. The second-order valence-corrected chi connectivity index (χ2v) is 6.04. The molecule has 1 fully saturated rings. The van der Waals surface area contributed by atoms with Crippen molar-refractivity contribution in [2.45, 2.75) is 44.4 Å². The first kappa shape index (κ1) is 14.4. The highest BCUT2D eigenvalue weighted by Crippen LogP contribution is 2.32. The lowest BCUT2D eigenvalue weighted by Crippen LogP contribution is -2.42. The Hall–Kier alpha value is -0.710. The molecule has 0 radical (unpaired) electrons. The molecule has 0 spiro atoms. The Balaban J connectivity index is 2.35. The smallest absolute Gasteiger partial charge is 0.241 e. The van der Waals surface area contributed by atoms with Crippen molar-refractivity contribution >= 4 is 23.6 Å². The summed E-state index contributed by atoms with van der Waals surface area (Å²) in [6, 6.07) is 0.348. The molecular formula is C12H22N2O2S. The zero-order chi connectivity index (χ0) is 12.8. The summed E-state index contributed by atoms with van der Waals surface area (Å²) in [7, 11) is 1.84. The Morgan fingerprint density at radius 2 is 2.12 bits per heavy atom. The van der Waals surface area contributed by atoms with Crippen molar-refractivity contribution < 1.29 is 9.59 Å². The maximum Gasteiger partial charge on any atom is 0.241 e. The Bertz CT molecular complexity index is 284. The van der Waals surface area contributed by atoms with E-state index < -0.39 is 0 Å². The molecule has 2 atom stereocenters. The van der Waals surface area contributed by atoms with Crippen LogP contribution in [0.5, 0.6) is 0 Å². The van der Waals surface area contributed by atoms with E-state index in [2.05, 4.69) is 12.2 Å². The Morgan fingerprint density at radius 3 is 2.71 bits per heavy atom. The summed E-state index contributed by atoms with van der Waals surface area (Å²) in [5.41, 5.74) is 0. The van der Waals surface area contributed by atoms with Gasteiger partial charge in [-0.25, -0.2) is 0 Å². The number of rotatable bonds is 5. The van der Waals surface area contributed by atoms with Gasteiger partial charge in [0, 0.05) is 25.3 Å². The predicted octanol–water partition coefficient (Wildman–Crippen LogP) is 1.26. The van der Waals surface area contributed by atoms with Crippen LogP contribution in [0.4, 0.5) is 0 Å². The molecule has 1 aliphatic rings. The quantitative estimate of drug-likeness (QED) is 0.807. The molecule has 1 saturated carbocycles. The van der Waals surface area contributed by atoms with E-state index in [9.17, 15) is 9.59 Å². The lowest BCUT2D eigenvalue weighted by atomic mass is 10.2. The molecule has 17 heavy (non-hydrogen) atoms. The van der Waals surface area contributed by atoms with E-state index in [-0.39, 0.29) is 18.4 Å². The minimum absolute atomic E-state index is 0.00680. The number of likely N-dealkylation sites (N-methyl/N-ethyl adjacent to an activating group) is 1. The Morgan fingerprint density at radius 1 is 1.41 bits per heavy atom. The molecular weight excluding hydrogens is 236 g/mol. The molecule has 1 N–H and O–H groups in total. The van der Waals surface area contributed by atoms with Gasteiger partial charge in [0.15, 0.2) is 0 Å². The topological polar surface area (TPSA) is 49.4 Å². The lowest BCUT2D eigenvalue weighted by molar-refractivity contribution is -0.133. The van der Waals surface area contributed by atoms with Crippen molar-refractivity contribution in [1.29, 1.82) is 0 Å². The zero-order valence-electron chi connectivity index (χ0n) is 10.9. The Kier molecular flexibility index (Phi) is 5.82. The van der Waals surface area contributed by atoms with Crippen LogP contribution in [0, 0.1) is 0 Å². The fourth-order valence-corrected chi connectivity index (χ4v) is 3.32. The number of carbonyl (C=O) groups is 2. The molecule has 5 heteroatoms. The van der Waals surface area contributed by atoms with Crippen molar-refractivity contribution in [3.05, 3.63) is 0 Å². The van der Waals surface area contributed by atoms with Gasteiger partial charge in [-0.2, -0.15) is 11.8 Å². The van der Waals surface area contributed by atoms with Crippen LogP contribution in [0.25, 0.3) is 0 Å². The van der Waals surface area contributed by atoms with E-state index in [4.69, 9.17) is 0 Å². The largest absolute Gasteiger partial charge is 0.347 e. The molecule has 0 aromatic heterocycles. The SMILES string of the molecule is CCS[C@H]1CC[C@H](N(C)C(=O)CNC(C)=O)C1. The third-order valence-corrected chi connectivity index (χ3v) is 4.42. The van der Waals surface area contributed by atoms with Gasteiger partial charge in [-0.3, -0.25) is 9.59 Å². The zero-order valence-corrected chi connectivity index (χ0v) is 11.7. The van der Waals surface area contributed by atoms with Gasteiger partial charge in [0.25, 0.3) is 0 Å². The van der Waals surface area contributed by atoms with Crippen LogP contribution in [0.2, 0.25) is 0 Å². The fourth-order valence-electron chi connectivity index (χ4n) is 2.18. The molecule has 1 aliphatic carbocycles. The number of amides is 2. The number of hydrogen-bond donors (Lipinski definition) is 1. The number of carbonyl (C=O) groups excluding carboxylic acids is 2. The molecule has 0 heterocycles. The summed E-state index contributed by atoms with van der Waals surface area (Å²) < 4.78 is 0. The van der Waals surface area contributed by atoms with E-state index in [0.717, 1.165) is 18.6 Å². The number of nitrogens with zero attached hydrogens (tertiary/aromatic N) is 1. The standard InChI is InChI=1S/C12H22N2O2S/c1-4-17-11-6-5-10(7-11)14(3)12(16)8-13-9(2)15/h10-11H,4-8H2,1-3H3,(H,13,15)/t10-,11-/m0/s1. The molecule has 0 aromatic carbocycles. The lowest BCUT2D eigenvalue weighted by Gasteiger charge is -2.24. The summed E-state index contributed by atoms with van der Waals surface area (Å²) in [6.45, 7) is 3.72. The highest BCUT2D eigenvalue weighted by Gasteiger charge is 2.29. The molecule has 2 amide bonds. The predicted molar refractivity (Wildman–Crippen MR) is 71.0 cm³/mol. The van der Waals surface area contributed by atoms with E-state index in [1.54, 1.807) is 4.90 Å². The molecule has 0 bridgehead atoms. The van der Waals surface area contributed by atoms with Gasteiger partial charge in [0.05, 0.1) is 6.54 Å². The van der Waals surface area contributed by atoms with Gasteiger partial charge >= 0.3 is 0 Å². The first-order valence-corrected chi connectivity index (χ1v) is 7.21. The first-order chi connectivity index (χ1) is 8.04. The Labute approximate surface area is 108 Å². The van der Waals surface area contributed by atoms with E-state index >= 15 is 0 Å². The molecule has 98 valence electrons. The second kappa shape index (κ2) is 6.89. The average Bonchev–Trinajstić information content (AvgIpc) is 2.74. The normalized spacial score (nSPS) is 23.5. The van der Waals surface area contributed by atoms with Crippen LogP contribution in [-0.4, -0.2) is 47.4 Å². The van der Waals surface area contributed by atoms with E-state index in [1.807, 2.05) is 18.8 Å². The molecule has 0 aliphatic heterocycles. The van der Waals surface area contributed by atoms with Gasteiger partial charge in [0.1, 0.15) is 0 Å². The summed E-state index contributed by atoms with van der Waals surface area (Å²) in [5, 5.41) is 3.25. The highest BCUT2D eigenvalue weighted by molar-refractivity contribution is 7.99. The van der Waals surface area contributed by atoms with Crippen LogP contribution in [0.1, 0.15) is 33.1 Å². The molecule has 0 saturated heterocycles. The number of hydrogen-bond acceptors (Lipinski definition) is 3. The second-order valence-electron chi connectivity index (χ2n) is 4.46. The van der Waals surface area contributed by atoms with Crippen LogP contribution in [-0.2, 0) is 9.59 Å². The van der Waals surface area contributed by atoms with Crippen molar-refractivity contribution in [3.63, 3.8) is 0 Å². The number of thioether (sulfide) groups is 1. The van der Waals surface area contributed by atoms with Crippen molar-refractivity contribution in [2.24, 2.45) is 0 Å². The minimum atomic E-state index is -0.155. The molecule has 0 unspecified atom stereocenters. The summed E-state index contributed by atoms with van der Waals surface area (Å²) in [6.07, 6.45) is 3.36. The third kappa shape index (κ3) is 4.58. The first-order valence-electron chi connectivity index (χ1n) is 6.16. The summed E-state index contributed by atoms with van der Waals surface area (Å²) in [4.78, 5) is 24.3. The van der Waals surface area contributed by atoms with Crippen molar-refractivity contribution in [2.75, 3.05) is 19.3 Å². The van der Waals surface area contributed by atoms with E-state index in [1.165, 1.54) is 13.3 Å². The number of nitrogens with one attached hydrogen (secondary N) is 1. The minimum Gasteiger partial charge on any atom is -0.347 e. The van der Waals surface area contributed by atoms with Gasteiger partial charge in [-0.15, -0.1) is 0 Å². The van der Waals surface area contributed by atoms with Gasteiger partial charge in [0.2, 0.25) is 11.8 Å². The van der Waals surface area contributed by atoms with Crippen LogP contribution in [0.3, 0.4) is 0 Å². The van der Waals surface area contributed by atoms with Gasteiger partial charge in [-0.1, -0.05) is 6.92 Å². The van der Waals surface area contributed by atoms with E-state index in [0.29, 0.717) is 11.3 Å². The monoisotopic (exact) mass is 258 g/mol. The van der Waals surface area contributed by atoms with Gasteiger partial charge < -0.3 is 10.2 Å². The van der Waals surface area contributed by atoms with Crippen molar-refractivity contribution in [1.82, 2.24) is 10.2 Å². The third-order valence-electron chi connectivity index (χ3n) is 3.19. The summed E-state index contributed by atoms with van der Waals surface area (Å²) in [5.74, 6) is 0.992.